The number of nitrogens with zero attached hydrogens (tertiary/aromatic N) is 2. The molecule has 0 saturated carbocycles. The Morgan fingerprint density at radius 3 is 2.62 bits per heavy atom. The Morgan fingerprint density at radius 1 is 1.19 bits per heavy atom. The van der Waals surface area contributed by atoms with E-state index in [-0.39, 0.29) is 0 Å². The lowest BCUT2D eigenvalue weighted by Crippen LogP contribution is -2.46. The van der Waals surface area contributed by atoms with Crippen molar-refractivity contribution in [3.8, 4) is 0 Å². The predicted octanol–water partition coefficient (Wildman–Crippen LogP) is 1.48. The molecule has 0 radical (unpaired) electrons. The molecule has 16 heavy (non-hydrogen) atoms. The van der Waals surface area contributed by atoms with Crippen LogP contribution < -0.4 is 0 Å². The summed E-state index contributed by atoms with van der Waals surface area (Å²) in [6, 6.07) is 0. The van der Waals surface area contributed by atoms with Gasteiger partial charge < -0.3 is 9.64 Å². The zero-order valence-electron chi connectivity index (χ0n) is 10.2. The zero-order chi connectivity index (χ0) is 11.2. The van der Waals surface area contributed by atoms with Crippen LogP contribution in [-0.4, -0.2) is 56.2 Å². The maximum atomic E-state index is 5.11. The van der Waals surface area contributed by atoms with Crippen LogP contribution in [0.2, 0.25) is 0 Å². The SMILES string of the molecule is COCCN1CCN(C2=CCCC=C2)CC1. The first-order valence-electron chi connectivity index (χ1n) is 6.23. The average Bonchev–Trinajstić information content (AvgIpc) is 2.38. The number of rotatable bonds is 4. The summed E-state index contributed by atoms with van der Waals surface area (Å²) in [6.07, 6.45) is 9.33. The summed E-state index contributed by atoms with van der Waals surface area (Å²) >= 11 is 0. The molecule has 0 atom stereocenters. The first-order valence-corrected chi connectivity index (χ1v) is 6.23. The van der Waals surface area contributed by atoms with Gasteiger partial charge >= 0.3 is 0 Å². The highest BCUT2D eigenvalue weighted by Crippen LogP contribution is 2.16. The van der Waals surface area contributed by atoms with Crippen LogP contribution in [0.5, 0.6) is 0 Å². The number of methoxy groups -OCH3 is 1. The van der Waals surface area contributed by atoms with E-state index in [4.69, 9.17) is 4.74 Å². The molecule has 0 aromatic carbocycles. The highest BCUT2D eigenvalue weighted by Gasteiger charge is 2.17. The number of piperazine rings is 1. The highest BCUT2D eigenvalue weighted by molar-refractivity contribution is 5.21. The summed E-state index contributed by atoms with van der Waals surface area (Å²) in [4.78, 5) is 4.98. The Bertz CT molecular complexity index is 265. The summed E-state index contributed by atoms with van der Waals surface area (Å²) in [7, 11) is 1.77. The molecule has 90 valence electrons. The number of hydrogen-bond acceptors (Lipinski definition) is 3. The highest BCUT2D eigenvalue weighted by atomic mass is 16.5. The van der Waals surface area contributed by atoms with E-state index in [1.54, 1.807) is 7.11 Å². The maximum Gasteiger partial charge on any atom is 0.0589 e. The lowest BCUT2D eigenvalue weighted by Gasteiger charge is -2.37. The average molecular weight is 222 g/mol. The molecule has 0 amide bonds. The number of allylic oxidation sites excluding steroid dienone is 3. The minimum atomic E-state index is 0.850. The van der Waals surface area contributed by atoms with Crippen molar-refractivity contribution in [2.75, 3.05) is 46.4 Å². The van der Waals surface area contributed by atoms with E-state index >= 15 is 0 Å². The van der Waals surface area contributed by atoms with Gasteiger partial charge in [0.05, 0.1) is 6.61 Å². The third-order valence-corrected chi connectivity index (χ3v) is 3.32. The normalized spacial score (nSPS) is 22.3. The molecule has 0 bridgehead atoms. The van der Waals surface area contributed by atoms with Gasteiger partial charge in [0.15, 0.2) is 0 Å². The van der Waals surface area contributed by atoms with Gasteiger partial charge in [0.1, 0.15) is 0 Å². The van der Waals surface area contributed by atoms with Crippen molar-refractivity contribution in [1.29, 1.82) is 0 Å². The van der Waals surface area contributed by atoms with Gasteiger partial charge in [-0.05, 0) is 18.9 Å². The summed E-state index contributed by atoms with van der Waals surface area (Å²) < 4.78 is 5.11. The first kappa shape index (κ1) is 11.7. The quantitative estimate of drug-likeness (QED) is 0.716. The van der Waals surface area contributed by atoms with E-state index in [2.05, 4.69) is 28.0 Å². The van der Waals surface area contributed by atoms with Gasteiger partial charge in [-0.2, -0.15) is 0 Å². The van der Waals surface area contributed by atoms with Crippen molar-refractivity contribution >= 4 is 0 Å². The minimum absolute atomic E-state index is 0.850. The Hall–Kier alpha value is -0.800. The van der Waals surface area contributed by atoms with E-state index in [9.17, 15) is 0 Å². The van der Waals surface area contributed by atoms with Crippen LogP contribution in [-0.2, 0) is 4.74 Å². The lowest BCUT2D eigenvalue weighted by molar-refractivity contribution is 0.111. The molecule has 0 aromatic heterocycles. The van der Waals surface area contributed by atoms with Crippen LogP contribution in [0.25, 0.3) is 0 Å². The molecule has 1 saturated heterocycles. The molecule has 3 heteroatoms. The molecular weight excluding hydrogens is 200 g/mol. The fraction of sp³-hybridized carbons (Fsp3) is 0.692. The van der Waals surface area contributed by atoms with Crippen LogP contribution in [0.1, 0.15) is 12.8 Å². The fourth-order valence-electron chi connectivity index (χ4n) is 2.28. The maximum absolute atomic E-state index is 5.11. The molecule has 0 aromatic rings. The van der Waals surface area contributed by atoms with Gasteiger partial charge in [-0.1, -0.05) is 12.2 Å². The molecule has 0 unspecified atom stereocenters. The topological polar surface area (TPSA) is 15.7 Å². The van der Waals surface area contributed by atoms with E-state index < -0.39 is 0 Å². The summed E-state index contributed by atoms with van der Waals surface area (Å²) in [5.74, 6) is 0. The van der Waals surface area contributed by atoms with E-state index in [0.29, 0.717) is 0 Å². The Kier molecular flexibility index (Phi) is 4.43. The van der Waals surface area contributed by atoms with Gasteiger partial charge in [0.2, 0.25) is 0 Å². The molecule has 1 aliphatic carbocycles. The van der Waals surface area contributed by atoms with Gasteiger partial charge in [-0.3, -0.25) is 4.90 Å². The second-order valence-electron chi connectivity index (χ2n) is 4.43. The molecule has 1 heterocycles. The van der Waals surface area contributed by atoms with Crippen LogP contribution in [0, 0.1) is 0 Å². The monoisotopic (exact) mass is 222 g/mol. The van der Waals surface area contributed by atoms with Gasteiger partial charge in [0.25, 0.3) is 0 Å². The smallest absolute Gasteiger partial charge is 0.0589 e. The molecule has 2 aliphatic rings. The lowest BCUT2D eigenvalue weighted by atomic mass is 10.1. The van der Waals surface area contributed by atoms with E-state index in [1.165, 1.54) is 18.5 Å². The summed E-state index contributed by atoms with van der Waals surface area (Å²) in [5, 5.41) is 0. The second kappa shape index (κ2) is 6.06. The van der Waals surface area contributed by atoms with Crippen molar-refractivity contribution < 1.29 is 4.74 Å². The second-order valence-corrected chi connectivity index (χ2v) is 4.43. The Labute approximate surface area is 98.4 Å². The van der Waals surface area contributed by atoms with Gasteiger partial charge in [-0.25, -0.2) is 0 Å². The van der Waals surface area contributed by atoms with E-state index in [0.717, 1.165) is 39.3 Å². The molecule has 3 nitrogen and oxygen atoms in total. The van der Waals surface area contributed by atoms with Crippen LogP contribution >= 0.6 is 0 Å². The van der Waals surface area contributed by atoms with Crippen molar-refractivity contribution in [1.82, 2.24) is 9.80 Å². The van der Waals surface area contributed by atoms with Gasteiger partial charge in [0, 0.05) is 45.5 Å². The third kappa shape index (κ3) is 3.09. The van der Waals surface area contributed by atoms with Crippen molar-refractivity contribution in [2.24, 2.45) is 0 Å². The summed E-state index contributed by atoms with van der Waals surface area (Å²) in [6.45, 7) is 6.55. The molecular formula is C13H22N2O. The number of ether oxygens (including phenoxy) is 1. The standard InChI is InChI=1S/C13H22N2O/c1-16-12-11-14-7-9-15(10-8-14)13-5-3-2-4-6-13/h3,5-6H,2,4,7-12H2,1H3. The Morgan fingerprint density at radius 2 is 2.00 bits per heavy atom. The van der Waals surface area contributed by atoms with Crippen LogP contribution in [0.15, 0.2) is 23.9 Å². The van der Waals surface area contributed by atoms with Gasteiger partial charge in [-0.15, -0.1) is 0 Å². The Balaban J connectivity index is 1.76. The zero-order valence-corrected chi connectivity index (χ0v) is 10.2. The van der Waals surface area contributed by atoms with Crippen molar-refractivity contribution in [3.63, 3.8) is 0 Å². The van der Waals surface area contributed by atoms with Crippen LogP contribution in [0.4, 0.5) is 0 Å². The minimum Gasteiger partial charge on any atom is -0.383 e. The third-order valence-electron chi connectivity index (χ3n) is 3.32. The van der Waals surface area contributed by atoms with Crippen LogP contribution in [0.3, 0.4) is 0 Å². The molecule has 0 N–H and O–H groups in total. The fourth-order valence-corrected chi connectivity index (χ4v) is 2.28. The van der Waals surface area contributed by atoms with Crippen molar-refractivity contribution in [3.05, 3.63) is 23.9 Å². The largest absolute Gasteiger partial charge is 0.383 e. The van der Waals surface area contributed by atoms with Crippen molar-refractivity contribution in [2.45, 2.75) is 12.8 Å². The predicted molar refractivity (Wildman–Crippen MR) is 66.3 cm³/mol. The number of hydrogen-bond donors (Lipinski definition) is 0. The molecule has 1 fully saturated rings. The summed E-state index contributed by atoms with van der Waals surface area (Å²) in [5.41, 5.74) is 1.43. The first-order chi connectivity index (χ1) is 7.90. The molecule has 1 aliphatic heterocycles. The van der Waals surface area contributed by atoms with E-state index in [1.807, 2.05) is 0 Å². The molecule has 0 spiro atoms. The molecule has 2 rings (SSSR count).